The number of tetrazole rings is 1. The summed E-state index contributed by atoms with van der Waals surface area (Å²) in [4.78, 5) is 5.96. The van der Waals surface area contributed by atoms with Crippen LogP contribution in [0, 0.1) is 0 Å². The van der Waals surface area contributed by atoms with E-state index in [1.807, 2.05) is 53.1 Å². The number of H-pyrrole nitrogens is 1. The van der Waals surface area contributed by atoms with Gasteiger partial charge in [0.25, 0.3) is 5.88 Å². The minimum absolute atomic E-state index is 0.122. The third kappa shape index (κ3) is 4.50. The Kier molecular flexibility index (Phi) is 6.30. The van der Waals surface area contributed by atoms with Gasteiger partial charge in [-0.1, -0.05) is 92.3 Å². The van der Waals surface area contributed by atoms with Gasteiger partial charge >= 0.3 is 0 Å². The van der Waals surface area contributed by atoms with Gasteiger partial charge in [-0.05, 0) is 39.2 Å². The summed E-state index contributed by atoms with van der Waals surface area (Å²) in [5, 5.41) is 34.1. The van der Waals surface area contributed by atoms with E-state index in [4.69, 9.17) is 4.98 Å². The van der Waals surface area contributed by atoms with E-state index >= 15 is 0 Å². The molecule has 38 heavy (non-hydrogen) atoms. The molecule has 0 atom stereocenters. The fourth-order valence-corrected chi connectivity index (χ4v) is 5.33. The number of benzene rings is 3. The molecule has 3 heterocycles. The van der Waals surface area contributed by atoms with Gasteiger partial charge in [0.05, 0.1) is 0 Å². The molecule has 0 unspecified atom stereocenters. The molecule has 10 heteroatoms. The molecule has 0 saturated heterocycles. The van der Waals surface area contributed by atoms with Gasteiger partial charge in [-0.2, -0.15) is 0 Å². The van der Waals surface area contributed by atoms with Crippen molar-refractivity contribution in [2.24, 2.45) is 0 Å². The van der Waals surface area contributed by atoms with Crippen molar-refractivity contribution in [3.05, 3.63) is 90.3 Å². The summed E-state index contributed by atoms with van der Waals surface area (Å²) in [6.07, 6.45) is 0. The van der Waals surface area contributed by atoms with Crippen molar-refractivity contribution in [2.75, 3.05) is 0 Å². The topological polar surface area (TPSA) is 118 Å². The Morgan fingerprint density at radius 2 is 1.61 bits per heavy atom. The molecule has 0 spiro atoms. The van der Waals surface area contributed by atoms with Crippen LogP contribution in [-0.4, -0.2) is 45.5 Å². The Labute approximate surface area is 223 Å². The molecule has 0 bridgehead atoms. The molecule has 9 nitrogen and oxygen atoms in total. The van der Waals surface area contributed by atoms with Gasteiger partial charge in [-0.25, -0.2) is 10.1 Å². The number of aromatic amines is 1. The van der Waals surface area contributed by atoms with E-state index in [-0.39, 0.29) is 11.8 Å². The number of imidazole rings is 1. The van der Waals surface area contributed by atoms with Gasteiger partial charge in [0.15, 0.2) is 10.9 Å². The van der Waals surface area contributed by atoms with Crippen LogP contribution in [0.1, 0.15) is 31.2 Å². The molecule has 0 fully saturated rings. The first-order valence-corrected chi connectivity index (χ1v) is 13.0. The van der Waals surface area contributed by atoms with Crippen LogP contribution in [0.25, 0.3) is 33.5 Å². The number of rotatable bonds is 7. The van der Waals surface area contributed by atoms with E-state index < -0.39 is 0 Å². The van der Waals surface area contributed by atoms with Gasteiger partial charge in [0.1, 0.15) is 16.9 Å². The molecule has 2 N–H and O–H groups in total. The third-order valence-corrected chi connectivity index (χ3v) is 7.23. The first-order chi connectivity index (χ1) is 18.6. The predicted molar refractivity (Wildman–Crippen MR) is 146 cm³/mol. The standard InChI is InChI=1S/C28H24N8OS/c1-17(2)26-29-23-24(27(37)32-33-28(23)38-20-8-4-3-5-9-20)36(26)16-18-12-14-19(15-13-18)21-10-6-7-11-22(21)25-30-34-35-31-25/h3-15,17H,16H2,1-2H3,(H,32,37)(H,30,31,34,35). The number of hydrogen-bond acceptors (Lipinski definition) is 8. The summed E-state index contributed by atoms with van der Waals surface area (Å²) in [6, 6.07) is 26.3. The fourth-order valence-electron chi connectivity index (χ4n) is 4.49. The van der Waals surface area contributed by atoms with Crippen LogP contribution in [0.2, 0.25) is 0 Å². The number of aromatic nitrogens is 8. The number of aromatic hydroxyl groups is 1. The molecular weight excluding hydrogens is 496 g/mol. The van der Waals surface area contributed by atoms with E-state index in [0.29, 0.717) is 28.4 Å². The van der Waals surface area contributed by atoms with Crippen LogP contribution in [0.3, 0.4) is 0 Å². The SMILES string of the molecule is CC(C)c1nc2c(Sc3ccccc3)nnc(O)c2n1Cc1ccc(-c2ccccc2-c2nnn[nH]2)cc1. The lowest BCUT2D eigenvalue weighted by atomic mass is 9.98. The van der Waals surface area contributed by atoms with E-state index in [1.165, 1.54) is 11.8 Å². The van der Waals surface area contributed by atoms with E-state index in [2.05, 4.69) is 75.0 Å². The first kappa shape index (κ1) is 23.8. The average Bonchev–Trinajstić information content (AvgIpc) is 3.61. The van der Waals surface area contributed by atoms with Crippen LogP contribution in [0.4, 0.5) is 0 Å². The number of hydrogen-bond donors (Lipinski definition) is 2. The molecule has 0 aliphatic rings. The lowest BCUT2D eigenvalue weighted by Gasteiger charge is -2.13. The zero-order valence-corrected chi connectivity index (χ0v) is 21.6. The third-order valence-electron chi connectivity index (χ3n) is 6.25. The number of nitrogens with one attached hydrogen (secondary N) is 1. The minimum atomic E-state index is -0.122. The summed E-state index contributed by atoms with van der Waals surface area (Å²) in [5.41, 5.74) is 5.33. The summed E-state index contributed by atoms with van der Waals surface area (Å²) < 4.78 is 2.04. The molecular formula is C28H24N8OS. The maximum Gasteiger partial charge on any atom is 0.257 e. The molecule has 0 amide bonds. The van der Waals surface area contributed by atoms with Crippen molar-refractivity contribution < 1.29 is 5.11 Å². The Morgan fingerprint density at radius 1 is 0.868 bits per heavy atom. The van der Waals surface area contributed by atoms with Gasteiger partial charge < -0.3 is 9.67 Å². The number of fused-ring (bicyclic) bond motifs is 1. The Hall–Kier alpha value is -4.57. The summed E-state index contributed by atoms with van der Waals surface area (Å²) >= 11 is 1.49. The smallest absolute Gasteiger partial charge is 0.257 e. The molecule has 188 valence electrons. The quantitative estimate of drug-likeness (QED) is 0.275. The van der Waals surface area contributed by atoms with Crippen LogP contribution in [-0.2, 0) is 6.54 Å². The van der Waals surface area contributed by atoms with Gasteiger partial charge in [0.2, 0.25) is 0 Å². The minimum Gasteiger partial charge on any atom is -0.491 e. The Balaban J connectivity index is 1.37. The summed E-state index contributed by atoms with van der Waals surface area (Å²) in [5.74, 6) is 1.50. The zero-order chi connectivity index (χ0) is 26.1. The normalized spacial score (nSPS) is 11.4. The lowest BCUT2D eigenvalue weighted by molar-refractivity contribution is 0.446. The van der Waals surface area contributed by atoms with Crippen LogP contribution in [0.15, 0.2) is 88.8 Å². The van der Waals surface area contributed by atoms with E-state index in [9.17, 15) is 5.11 Å². The first-order valence-electron chi connectivity index (χ1n) is 12.2. The monoisotopic (exact) mass is 520 g/mol. The maximum atomic E-state index is 10.8. The zero-order valence-electron chi connectivity index (χ0n) is 20.8. The molecule has 0 saturated carbocycles. The number of nitrogens with zero attached hydrogens (tertiary/aromatic N) is 7. The Morgan fingerprint density at radius 3 is 2.32 bits per heavy atom. The lowest BCUT2D eigenvalue weighted by Crippen LogP contribution is -2.07. The summed E-state index contributed by atoms with van der Waals surface area (Å²) in [6.45, 7) is 4.72. The highest BCUT2D eigenvalue weighted by molar-refractivity contribution is 7.99. The fraction of sp³-hybridized carbons (Fsp3) is 0.143. The van der Waals surface area contributed by atoms with Crippen LogP contribution >= 0.6 is 11.8 Å². The molecule has 6 rings (SSSR count). The van der Waals surface area contributed by atoms with Crippen molar-refractivity contribution in [1.82, 2.24) is 40.4 Å². The second-order valence-electron chi connectivity index (χ2n) is 9.14. The van der Waals surface area contributed by atoms with Crippen molar-refractivity contribution in [3.63, 3.8) is 0 Å². The second-order valence-corrected chi connectivity index (χ2v) is 10.2. The largest absolute Gasteiger partial charge is 0.491 e. The second kappa shape index (κ2) is 10.1. The molecule has 0 radical (unpaired) electrons. The van der Waals surface area contributed by atoms with Crippen molar-refractivity contribution in [2.45, 2.75) is 36.2 Å². The van der Waals surface area contributed by atoms with Crippen LogP contribution < -0.4 is 0 Å². The van der Waals surface area contributed by atoms with Gasteiger partial charge in [0, 0.05) is 22.9 Å². The van der Waals surface area contributed by atoms with Gasteiger partial charge in [-0.15, -0.1) is 15.3 Å². The maximum absolute atomic E-state index is 10.8. The molecule has 0 aliphatic carbocycles. The van der Waals surface area contributed by atoms with E-state index in [0.717, 1.165) is 33.0 Å². The van der Waals surface area contributed by atoms with Crippen LogP contribution in [0.5, 0.6) is 5.88 Å². The average molecular weight is 521 g/mol. The highest BCUT2D eigenvalue weighted by Gasteiger charge is 2.22. The highest BCUT2D eigenvalue weighted by Crippen LogP contribution is 2.36. The van der Waals surface area contributed by atoms with E-state index in [1.54, 1.807) is 0 Å². The summed E-state index contributed by atoms with van der Waals surface area (Å²) in [7, 11) is 0. The molecule has 6 aromatic rings. The van der Waals surface area contributed by atoms with Crippen molar-refractivity contribution in [3.8, 4) is 28.4 Å². The van der Waals surface area contributed by atoms with Crippen molar-refractivity contribution in [1.29, 1.82) is 0 Å². The molecule has 3 aromatic carbocycles. The highest BCUT2D eigenvalue weighted by atomic mass is 32.2. The Bertz CT molecular complexity index is 1700. The molecule has 3 aromatic heterocycles. The molecule has 0 aliphatic heterocycles. The van der Waals surface area contributed by atoms with Crippen molar-refractivity contribution >= 4 is 22.8 Å². The van der Waals surface area contributed by atoms with Gasteiger partial charge in [-0.3, -0.25) is 0 Å². The predicted octanol–water partition coefficient (Wildman–Crippen LogP) is 5.70.